The van der Waals surface area contributed by atoms with Crippen LogP contribution in [0.3, 0.4) is 0 Å². The lowest BCUT2D eigenvalue weighted by Crippen LogP contribution is -2.05. The van der Waals surface area contributed by atoms with Crippen LogP contribution in [0.5, 0.6) is 0 Å². The molecule has 1 aliphatic carbocycles. The van der Waals surface area contributed by atoms with E-state index in [-0.39, 0.29) is 5.82 Å². The van der Waals surface area contributed by atoms with Crippen molar-refractivity contribution < 1.29 is 4.39 Å². The Balaban J connectivity index is 0.000000637. The molecule has 0 saturated heterocycles. The molecule has 0 spiro atoms. The monoisotopic (exact) mass is 259 g/mol. The predicted octanol–water partition coefficient (Wildman–Crippen LogP) is 5.45. The van der Waals surface area contributed by atoms with Gasteiger partial charge in [0.25, 0.3) is 0 Å². The number of rotatable bonds is 1. The fraction of sp³-hybridized carbons (Fsp3) is 0.471. The molecule has 0 N–H and O–H groups in total. The first kappa shape index (κ1) is 14.0. The Kier molecular flexibility index (Phi) is 4.89. The van der Waals surface area contributed by atoms with Gasteiger partial charge in [-0.05, 0) is 48.6 Å². The molecule has 2 heteroatoms. The maximum Gasteiger partial charge on any atom is 0.123 e. The largest absolute Gasteiger partial charge is 0.256 e. The molecule has 2 aromatic rings. The van der Waals surface area contributed by atoms with E-state index in [0.717, 1.165) is 10.9 Å². The van der Waals surface area contributed by atoms with E-state index in [4.69, 9.17) is 0 Å². The standard InChI is InChI=1S/C15H16FN.C2H6/c16-12-6-7-15-14(10-12)13(8-9-17-15)11-4-2-1-3-5-11;1-2/h6-11H,1-5H2;1-2H3. The summed E-state index contributed by atoms with van der Waals surface area (Å²) in [5.41, 5.74) is 2.20. The highest BCUT2D eigenvalue weighted by molar-refractivity contribution is 5.82. The zero-order valence-corrected chi connectivity index (χ0v) is 11.8. The lowest BCUT2D eigenvalue weighted by Gasteiger charge is -2.23. The smallest absolute Gasteiger partial charge is 0.123 e. The Bertz CT molecular complexity index is 530. The van der Waals surface area contributed by atoms with Gasteiger partial charge in [-0.15, -0.1) is 0 Å². The predicted molar refractivity (Wildman–Crippen MR) is 78.9 cm³/mol. The van der Waals surface area contributed by atoms with Crippen LogP contribution >= 0.6 is 0 Å². The van der Waals surface area contributed by atoms with E-state index in [1.54, 1.807) is 12.1 Å². The van der Waals surface area contributed by atoms with Crippen LogP contribution in [0.25, 0.3) is 10.9 Å². The summed E-state index contributed by atoms with van der Waals surface area (Å²) in [4.78, 5) is 4.31. The Morgan fingerprint density at radius 1 is 1.05 bits per heavy atom. The van der Waals surface area contributed by atoms with Crippen molar-refractivity contribution in [1.29, 1.82) is 0 Å². The quantitative estimate of drug-likeness (QED) is 0.663. The van der Waals surface area contributed by atoms with E-state index in [2.05, 4.69) is 11.1 Å². The minimum atomic E-state index is -0.164. The molecule has 19 heavy (non-hydrogen) atoms. The number of pyridine rings is 1. The number of fused-ring (bicyclic) bond motifs is 1. The van der Waals surface area contributed by atoms with Crippen molar-refractivity contribution in [3.8, 4) is 0 Å². The Labute approximate surface area is 114 Å². The summed E-state index contributed by atoms with van der Waals surface area (Å²) in [6.07, 6.45) is 8.25. The van der Waals surface area contributed by atoms with Gasteiger partial charge >= 0.3 is 0 Å². The first-order valence-corrected chi connectivity index (χ1v) is 7.39. The molecule has 3 rings (SSSR count). The van der Waals surface area contributed by atoms with Crippen LogP contribution in [0.2, 0.25) is 0 Å². The number of halogens is 1. The maximum absolute atomic E-state index is 13.4. The minimum Gasteiger partial charge on any atom is -0.256 e. The molecule has 1 heterocycles. The first-order valence-electron chi connectivity index (χ1n) is 7.39. The number of hydrogen-bond donors (Lipinski definition) is 0. The molecule has 0 amide bonds. The second kappa shape index (κ2) is 6.65. The fourth-order valence-electron chi connectivity index (χ4n) is 2.91. The topological polar surface area (TPSA) is 12.9 Å². The molecule has 1 fully saturated rings. The van der Waals surface area contributed by atoms with Crippen LogP contribution < -0.4 is 0 Å². The van der Waals surface area contributed by atoms with Crippen molar-refractivity contribution in [2.24, 2.45) is 0 Å². The summed E-state index contributed by atoms with van der Waals surface area (Å²) >= 11 is 0. The van der Waals surface area contributed by atoms with Gasteiger partial charge < -0.3 is 0 Å². The summed E-state index contributed by atoms with van der Waals surface area (Å²) < 4.78 is 13.4. The van der Waals surface area contributed by atoms with E-state index < -0.39 is 0 Å². The molecule has 0 aliphatic heterocycles. The van der Waals surface area contributed by atoms with E-state index in [9.17, 15) is 4.39 Å². The third-order valence-corrected chi connectivity index (χ3v) is 3.78. The van der Waals surface area contributed by atoms with E-state index in [1.807, 2.05) is 20.0 Å². The molecule has 102 valence electrons. The molecule has 0 bridgehead atoms. The molecule has 1 nitrogen and oxygen atoms in total. The Morgan fingerprint density at radius 3 is 2.53 bits per heavy atom. The summed E-state index contributed by atoms with van der Waals surface area (Å²) in [5.74, 6) is 0.429. The number of hydrogen-bond acceptors (Lipinski definition) is 1. The highest BCUT2D eigenvalue weighted by Gasteiger charge is 2.17. The second-order valence-corrected chi connectivity index (χ2v) is 4.90. The molecular weight excluding hydrogens is 237 g/mol. The second-order valence-electron chi connectivity index (χ2n) is 4.90. The Hall–Kier alpha value is -1.44. The van der Waals surface area contributed by atoms with Gasteiger partial charge in [0.2, 0.25) is 0 Å². The molecule has 1 saturated carbocycles. The van der Waals surface area contributed by atoms with Gasteiger partial charge in [-0.25, -0.2) is 4.39 Å². The summed E-state index contributed by atoms with van der Waals surface area (Å²) in [6.45, 7) is 4.00. The molecule has 0 atom stereocenters. The molecule has 1 aromatic heterocycles. The zero-order chi connectivity index (χ0) is 13.7. The first-order chi connectivity index (χ1) is 9.34. The van der Waals surface area contributed by atoms with Crippen LogP contribution in [-0.4, -0.2) is 4.98 Å². The van der Waals surface area contributed by atoms with Crippen LogP contribution in [0.1, 0.15) is 57.4 Å². The van der Waals surface area contributed by atoms with Crippen molar-refractivity contribution in [2.45, 2.75) is 51.9 Å². The highest BCUT2D eigenvalue weighted by atomic mass is 19.1. The van der Waals surface area contributed by atoms with Crippen molar-refractivity contribution in [2.75, 3.05) is 0 Å². The van der Waals surface area contributed by atoms with Gasteiger partial charge in [-0.3, -0.25) is 4.98 Å². The summed E-state index contributed by atoms with van der Waals surface area (Å²) in [6, 6.07) is 6.96. The van der Waals surface area contributed by atoms with Crippen LogP contribution in [0.15, 0.2) is 30.5 Å². The summed E-state index contributed by atoms with van der Waals surface area (Å²) in [7, 11) is 0. The lowest BCUT2D eigenvalue weighted by atomic mass is 9.83. The summed E-state index contributed by atoms with van der Waals surface area (Å²) in [5, 5.41) is 0.999. The SMILES string of the molecule is CC.Fc1ccc2nccc(C3CCCCC3)c2c1. The molecule has 1 aliphatic rings. The van der Waals surface area contributed by atoms with Gasteiger partial charge in [0.1, 0.15) is 5.82 Å². The Morgan fingerprint density at radius 2 is 1.79 bits per heavy atom. The van der Waals surface area contributed by atoms with Crippen LogP contribution in [0.4, 0.5) is 4.39 Å². The average molecular weight is 259 g/mol. The van der Waals surface area contributed by atoms with Gasteiger partial charge in [-0.1, -0.05) is 33.1 Å². The van der Waals surface area contributed by atoms with E-state index in [1.165, 1.54) is 43.7 Å². The highest BCUT2D eigenvalue weighted by Crippen LogP contribution is 2.35. The van der Waals surface area contributed by atoms with Crippen molar-refractivity contribution in [3.63, 3.8) is 0 Å². The van der Waals surface area contributed by atoms with Crippen molar-refractivity contribution in [3.05, 3.63) is 41.8 Å². The lowest BCUT2D eigenvalue weighted by molar-refractivity contribution is 0.445. The fourth-order valence-corrected chi connectivity index (χ4v) is 2.91. The maximum atomic E-state index is 13.4. The molecule has 0 unspecified atom stereocenters. The van der Waals surface area contributed by atoms with Crippen molar-refractivity contribution in [1.82, 2.24) is 4.98 Å². The molecule has 1 aromatic carbocycles. The number of benzene rings is 1. The van der Waals surface area contributed by atoms with Gasteiger partial charge in [0.05, 0.1) is 5.52 Å². The van der Waals surface area contributed by atoms with E-state index in [0.29, 0.717) is 5.92 Å². The molecular formula is C17H22FN. The zero-order valence-electron chi connectivity index (χ0n) is 11.8. The van der Waals surface area contributed by atoms with Gasteiger partial charge in [0, 0.05) is 11.6 Å². The van der Waals surface area contributed by atoms with Crippen LogP contribution in [-0.2, 0) is 0 Å². The van der Waals surface area contributed by atoms with Gasteiger partial charge in [-0.2, -0.15) is 0 Å². The third kappa shape index (κ3) is 3.12. The van der Waals surface area contributed by atoms with E-state index >= 15 is 0 Å². The minimum absolute atomic E-state index is 0.164. The average Bonchev–Trinajstić information content (AvgIpc) is 2.49. The van der Waals surface area contributed by atoms with Crippen LogP contribution in [0, 0.1) is 5.82 Å². The third-order valence-electron chi connectivity index (χ3n) is 3.78. The number of nitrogens with zero attached hydrogens (tertiary/aromatic N) is 1. The molecule has 0 radical (unpaired) electrons. The normalized spacial score (nSPS) is 15.9. The van der Waals surface area contributed by atoms with Crippen molar-refractivity contribution >= 4 is 10.9 Å². The number of aromatic nitrogens is 1. The van der Waals surface area contributed by atoms with Gasteiger partial charge in [0.15, 0.2) is 0 Å².